The van der Waals surface area contributed by atoms with Gasteiger partial charge in [-0.05, 0) is 23.5 Å². The van der Waals surface area contributed by atoms with Crippen molar-refractivity contribution in [3.05, 3.63) is 77.4 Å². The largest absolute Gasteiger partial charge is 0.461 e. The smallest absolute Gasteiger partial charge is 0.349 e. The third-order valence-corrected chi connectivity index (χ3v) is 4.24. The van der Waals surface area contributed by atoms with Crippen LogP contribution in [0.4, 0.5) is 0 Å². The van der Waals surface area contributed by atoms with Crippen molar-refractivity contribution in [1.82, 2.24) is 0 Å². The van der Waals surface area contributed by atoms with Gasteiger partial charge in [0.25, 0.3) is 0 Å². The SMILES string of the molecule is CCCCC(C)COC(=O)C(C#N)=C(c1ccccc1)c1ccccc1. The highest BCUT2D eigenvalue weighted by Crippen LogP contribution is 2.27. The number of hydrogen-bond acceptors (Lipinski definition) is 3. The van der Waals surface area contributed by atoms with Crippen LogP contribution in [-0.4, -0.2) is 12.6 Å². The Morgan fingerprint density at radius 1 is 1.04 bits per heavy atom. The van der Waals surface area contributed by atoms with Crippen LogP contribution in [-0.2, 0) is 9.53 Å². The number of carbonyl (C=O) groups is 1. The van der Waals surface area contributed by atoms with Crippen molar-refractivity contribution in [2.24, 2.45) is 5.92 Å². The number of nitriles is 1. The Bertz CT molecular complexity index is 731. The van der Waals surface area contributed by atoms with Crippen molar-refractivity contribution >= 4 is 11.5 Å². The van der Waals surface area contributed by atoms with Crippen LogP contribution in [0.2, 0.25) is 0 Å². The summed E-state index contributed by atoms with van der Waals surface area (Å²) < 4.78 is 5.46. The summed E-state index contributed by atoms with van der Waals surface area (Å²) in [6.07, 6.45) is 3.24. The molecule has 0 aliphatic carbocycles. The molecule has 0 spiro atoms. The first-order valence-electron chi connectivity index (χ1n) is 9.09. The Hall–Kier alpha value is -2.86. The zero-order valence-electron chi connectivity index (χ0n) is 15.4. The van der Waals surface area contributed by atoms with Crippen molar-refractivity contribution in [1.29, 1.82) is 5.26 Å². The Balaban J connectivity index is 2.33. The number of carbonyl (C=O) groups excluding carboxylic acids is 1. The van der Waals surface area contributed by atoms with Gasteiger partial charge in [-0.3, -0.25) is 0 Å². The maximum atomic E-state index is 12.6. The quantitative estimate of drug-likeness (QED) is 0.366. The highest BCUT2D eigenvalue weighted by atomic mass is 16.5. The lowest BCUT2D eigenvalue weighted by Gasteiger charge is -2.14. The molecule has 134 valence electrons. The molecule has 1 unspecified atom stereocenters. The van der Waals surface area contributed by atoms with Gasteiger partial charge in [-0.25, -0.2) is 4.79 Å². The second-order valence-corrected chi connectivity index (χ2v) is 6.44. The van der Waals surface area contributed by atoms with E-state index in [0.717, 1.165) is 30.4 Å². The van der Waals surface area contributed by atoms with Crippen LogP contribution in [0.15, 0.2) is 66.2 Å². The molecule has 2 rings (SSSR count). The van der Waals surface area contributed by atoms with Crippen LogP contribution in [0.5, 0.6) is 0 Å². The van der Waals surface area contributed by atoms with E-state index in [2.05, 4.69) is 19.9 Å². The average Bonchev–Trinajstić information content (AvgIpc) is 2.69. The number of nitrogens with zero attached hydrogens (tertiary/aromatic N) is 1. The summed E-state index contributed by atoms with van der Waals surface area (Å²) in [6, 6.07) is 21.1. The summed E-state index contributed by atoms with van der Waals surface area (Å²) in [5.74, 6) is -0.269. The molecule has 0 saturated carbocycles. The molecule has 0 amide bonds. The lowest BCUT2D eigenvalue weighted by Crippen LogP contribution is -2.14. The molecule has 0 bridgehead atoms. The second-order valence-electron chi connectivity index (χ2n) is 6.44. The molecule has 0 fully saturated rings. The highest BCUT2D eigenvalue weighted by molar-refractivity contribution is 6.05. The number of benzene rings is 2. The van der Waals surface area contributed by atoms with Crippen LogP contribution in [0.3, 0.4) is 0 Å². The summed E-state index contributed by atoms with van der Waals surface area (Å²) in [4.78, 5) is 12.6. The maximum Gasteiger partial charge on any atom is 0.349 e. The molecule has 2 aromatic rings. The normalized spacial score (nSPS) is 11.3. The van der Waals surface area contributed by atoms with Crippen LogP contribution >= 0.6 is 0 Å². The number of rotatable bonds is 8. The van der Waals surface area contributed by atoms with Crippen LogP contribution in [0.1, 0.15) is 44.2 Å². The fraction of sp³-hybridized carbons (Fsp3) is 0.304. The topological polar surface area (TPSA) is 50.1 Å². The number of esters is 1. The molecule has 0 heterocycles. The predicted octanol–water partition coefficient (Wildman–Crippen LogP) is 5.38. The van der Waals surface area contributed by atoms with Crippen LogP contribution in [0, 0.1) is 17.2 Å². The molecular formula is C23H25NO2. The Morgan fingerprint density at radius 3 is 2.04 bits per heavy atom. The van der Waals surface area contributed by atoms with Gasteiger partial charge in [0.05, 0.1) is 6.61 Å². The van der Waals surface area contributed by atoms with Gasteiger partial charge in [-0.15, -0.1) is 0 Å². The van der Waals surface area contributed by atoms with E-state index in [1.54, 1.807) is 0 Å². The predicted molar refractivity (Wildman–Crippen MR) is 104 cm³/mol. The van der Waals surface area contributed by atoms with Gasteiger partial charge in [-0.1, -0.05) is 87.4 Å². The number of ether oxygens (including phenoxy) is 1. The van der Waals surface area contributed by atoms with Gasteiger partial charge in [-0.2, -0.15) is 5.26 Å². The van der Waals surface area contributed by atoms with Gasteiger partial charge in [0.2, 0.25) is 0 Å². The first-order valence-corrected chi connectivity index (χ1v) is 9.09. The molecule has 0 aliphatic heterocycles. The van der Waals surface area contributed by atoms with E-state index in [4.69, 9.17) is 4.74 Å². The Morgan fingerprint density at radius 2 is 1.58 bits per heavy atom. The van der Waals surface area contributed by atoms with E-state index >= 15 is 0 Å². The van der Waals surface area contributed by atoms with E-state index in [1.165, 1.54) is 0 Å². The minimum absolute atomic E-state index is 0.0464. The fourth-order valence-electron chi connectivity index (χ4n) is 2.79. The van der Waals surface area contributed by atoms with Crippen molar-refractivity contribution in [2.45, 2.75) is 33.1 Å². The van der Waals surface area contributed by atoms with Crippen molar-refractivity contribution in [2.75, 3.05) is 6.61 Å². The number of unbranched alkanes of at least 4 members (excludes halogenated alkanes) is 1. The minimum atomic E-state index is -0.557. The zero-order chi connectivity index (χ0) is 18.8. The Kier molecular flexibility index (Phi) is 7.64. The minimum Gasteiger partial charge on any atom is -0.461 e. The summed E-state index contributed by atoms with van der Waals surface area (Å²) in [6.45, 7) is 4.54. The van der Waals surface area contributed by atoms with Gasteiger partial charge in [0.1, 0.15) is 11.6 Å². The average molecular weight is 347 g/mol. The molecule has 0 N–H and O–H groups in total. The molecule has 3 heteroatoms. The summed E-state index contributed by atoms with van der Waals surface area (Å²) in [5.41, 5.74) is 2.31. The summed E-state index contributed by atoms with van der Waals surface area (Å²) in [5, 5.41) is 9.69. The van der Waals surface area contributed by atoms with E-state index in [9.17, 15) is 10.1 Å². The van der Waals surface area contributed by atoms with E-state index in [-0.39, 0.29) is 11.5 Å². The molecule has 26 heavy (non-hydrogen) atoms. The lowest BCUT2D eigenvalue weighted by molar-refractivity contribution is -0.139. The zero-order valence-corrected chi connectivity index (χ0v) is 15.4. The molecule has 0 aliphatic rings. The second kappa shape index (κ2) is 10.2. The Labute approximate surface area is 155 Å². The molecule has 3 nitrogen and oxygen atoms in total. The monoisotopic (exact) mass is 347 g/mol. The molecule has 0 aromatic heterocycles. The molecule has 1 atom stereocenters. The third kappa shape index (κ3) is 5.32. The third-order valence-electron chi connectivity index (χ3n) is 4.24. The van der Waals surface area contributed by atoms with Gasteiger partial charge >= 0.3 is 5.97 Å². The van der Waals surface area contributed by atoms with Crippen LogP contribution in [0.25, 0.3) is 5.57 Å². The molecule has 0 radical (unpaired) electrons. The van der Waals surface area contributed by atoms with Crippen molar-refractivity contribution in [3.63, 3.8) is 0 Å². The maximum absolute atomic E-state index is 12.6. The van der Waals surface area contributed by atoms with E-state index in [0.29, 0.717) is 12.2 Å². The van der Waals surface area contributed by atoms with Gasteiger partial charge in [0, 0.05) is 5.57 Å². The van der Waals surface area contributed by atoms with E-state index in [1.807, 2.05) is 60.7 Å². The lowest BCUT2D eigenvalue weighted by atomic mass is 9.93. The van der Waals surface area contributed by atoms with Crippen molar-refractivity contribution in [3.8, 4) is 6.07 Å². The number of hydrogen-bond donors (Lipinski definition) is 0. The van der Waals surface area contributed by atoms with E-state index < -0.39 is 5.97 Å². The fourth-order valence-corrected chi connectivity index (χ4v) is 2.79. The molecule has 0 saturated heterocycles. The van der Waals surface area contributed by atoms with Crippen LogP contribution < -0.4 is 0 Å². The van der Waals surface area contributed by atoms with Gasteiger partial charge in [0.15, 0.2) is 0 Å². The molecule has 2 aromatic carbocycles. The van der Waals surface area contributed by atoms with Crippen molar-refractivity contribution < 1.29 is 9.53 Å². The standard InChI is InChI=1S/C23H25NO2/c1-3-4-11-18(2)17-26-23(25)21(16-24)22(19-12-7-5-8-13-19)20-14-9-6-10-15-20/h5-10,12-15,18H,3-4,11,17H2,1-2H3. The first kappa shape index (κ1) is 19.5. The highest BCUT2D eigenvalue weighted by Gasteiger charge is 2.20. The van der Waals surface area contributed by atoms with Gasteiger partial charge < -0.3 is 4.74 Å². The first-order chi connectivity index (χ1) is 12.7. The summed E-state index contributed by atoms with van der Waals surface area (Å²) >= 11 is 0. The molecular weight excluding hydrogens is 322 g/mol. The summed E-state index contributed by atoms with van der Waals surface area (Å²) in [7, 11) is 0.